The first-order valence-corrected chi connectivity index (χ1v) is 9.74. The molecule has 6 rings (SSSR count). The number of nitrogens with zero attached hydrogens (tertiary/aromatic N) is 2. The van der Waals surface area contributed by atoms with Crippen molar-refractivity contribution in [1.29, 1.82) is 0 Å². The molecule has 2 nitrogen and oxygen atoms in total. The molecule has 2 bridgehead atoms. The molecular formula is C26H20N2. The lowest BCUT2D eigenvalue weighted by Gasteiger charge is -2.33. The summed E-state index contributed by atoms with van der Waals surface area (Å²) in [5, 5.41) is 2.60. The van der Waals surface area contributed by atoms with Crippen LogP contribution in [0.4, 0.5) is 11.4 Å². The number of benzene rings is 3. The van der Waals surface area contributed by atoms with Crippen LogP contribution in [0.3, 0.4) is 0 Å². The molecule has 0 spiro atoms. The van der Waals surface area contributed by atoms with Crippen molar-refractivity contribution in [3.63, 3.8) is 0 Å². The fourth-order valence-corrected chi connectivity index (χ4v) is 4.67. The molecule has 1 aliphatic carbocycles. The number of aryl methyl sites for hydroxylation is 1. The predicted molar refractivity (Wildman–Crippen MR) is 118 cm³/mol. The molecule has 0 fully saturated rings. The Morgan fingerprint density at radius 2 is 1.61 bits per heavy atom. The third kappa shape index (κ3) is 2.09. The van der Waals surface area contributed by atoms with Gasteiger partial charge < -0.3 is 9.47 Å². The van der Waals surface area contributed by atoms with Gasteiger partial charge in [-0.1, -0.05) is 54.6 Å². The van der Waals surface area contributed by atoms with E-state index in [1.54, 1.807) is 0 Å². The summed E-state index contributed by atoms with van der Waals surface area (Å²) >= 11 is 0. The lowest BCUT2D eigenvalue weighted by atomic mass is 9.91. The average Bonchev–Trinajstić information content (AvgIpc) is 2.88. The van der Waals surface area contributed by atoms with E-state index in [0.717, 1.165) is 0 Å². The molecule has 134 valence electrons. The quantitative estimate of drug-likeness (QED) is 0.372. The highest BCUT2D eigenvalue weighted by atomic mass is 15.2. The Kier molecular flexibility index (Phi) is 3.18. The number of hydrogen-bond acceptors (Lipinski definition) is 1. The molecule has 0 N–H and O–H groups in total. The second-order valence-corrected chi connectivity index (χ2v) is 7.53. The SMILES string of the molecule is Cn1c2ccccc2c2cc(N3C4=CC(C=CC=C4)c4ccccc43)ccc21. The number of para-hydroxylation sites is 2. The Hall–Kier alpha value is -3.52. The van der Waals surface area contributed by atoms with Crippen molar-refractivity contribution in [2.45, 2.75) is 5.92 Å². The molecular weight excluding hydrogens is 340 g/mol. The number of hydrogen-bond donors (Lipinski definition) is 0. The van der Waals surface area contributed by atoms with E-state index >= 15 is 0 Å². The van der Waals surface area contributed by atoms with Crippen LogP contribution in [-0.4, -0.2) is 4.57 Å². The molecule has 4 aromatic rings. The fourth-order valence-electron chi connectivity index (χ4n) is 4.67. The summed E-state index contributed by atoms with van der Waals surface area (Å²) < 4.78 is 2.28. The summed E-state index contributed by atoms with van der Waals surface area (Å²) in [7, 11) is 2.15. The zero-order chi connectivity index (χ0) is 18.7. The van der Waals surface area contributed by atoms with E-state index < -0.39 is 0 Å². The number of fused-ring (bicyclic) bond motifs is 6. The van der Waals surface area contributed by atoms with E-state index in [1.807, 2.05) is 0 Å². The van der Waals surface area contributed by atoms with Crippen molar-refractivity contribution in [2.24, 2.45) is 7.05 Å². The Labute approximate surface area is 164 Å². The van der Waals surface area contributed by atoms with Crippen LogP contribution < -0.4 is 4.90 Å². The monoisotopic (exact) mass is 360 g/mol. The lowest BCUT2D eigenvalue weighted by Crippen LogP contribution is -2.21. The minimum absolute atomic E-state index is 0.332. The van der Waals surface area contributed by atoms with Gasteiger partial charge in [-0.2, -0.15) is 0 Å². The van der Waals surface area contributed by atoms with Gasteiger partial charge in [-0.15, -0.1) is 0 Å². The van der Waals surface area contributed by atoms with Gasteiger partial charge >= 0.3 is 0 Å². The molecule has 0 radical (unpaired) electrons. The van der Waals surface area contributed by atoms with Crippen LogP contribution in [-0.2, 0) is 7.05 Å². The normalized spacial score (nSPS) is 17.7. The lowest BCUT2D eigenvalue weighted by molar-refractivity contribution is 0.997. The van der Waals surface area contributed by atoms with E-state index in [2.05, 4.69) is 114 Å². The third-order valence-corrected chi connectivity index (χ3v) is 6.00. The molecule has 28 heavy (non-hydrogen) atoms. The third-order valence-electron chi connectivity index (χ3n) is 6.00. The largest absolute Gasteiger partial charge is 0.344 e. The predicted octanol–water partition coefficient (Wildman–Crippen LogP) is 6.58. The van der Waals surface area contributed by atoms with Gasteiger partial charge in [-0.3, -0.25) is 0 Å². The smallest absolute Gasteiger partial charge is 0.0502 e. The van der Waals surface area contributed by atoms with Gasteiger partial charge in [0.1, 0.15) is 0 Å². The molecule has 3 aromatic carbocycles. The summed E-state index contributed by atoms with van der Waals surface area (Å²) in [4.78, 5) is 2.39. The molecule has 0 saturated carbocycles. The minimum atomic E-state index is 0.332. The highest BCUT2D eigenvalue weighted by Crippen LogP contribution is 2.44. The summed E-state index contributed by atoms with van der Waals surface area (Å²) in [5.74, 6) is 0.332. The summed E-state index contributed by atoms with van der Waals surface area (Å²) in [6.07, 6.45) is 11.1. The fraction of sp³-hybridized carbons (Fsp3) is 0.0769. The van der Waals surface area contributed by atoms with Crippen LogP contribution in [0.25, 0.3) is 21.8 Å². The second-order valence-electron chi connectivity index (χ2n) is 7.53. The van der Waals surface area contributed by atoms with E-state index in [1.165, 1.54) is 44.4 Å². The Balaban J connectivity index is 1.62. The number of rotatable bonds is 1. The van der Waals surface area contributed by atoms with Crippen molar-refractivity contribution >= 4 is 33.2 Å². The topological polar surface area (TPSA) is 8.17 Å². The maximum atomic E-state index is 2.39. The first-order chi connectivity index (χ1) is 13.8. The molecule has 1 unspecified atom stereocenters. The van der Waals surface area contributed by atoms with Crippen LogP contribution in [0.5, 0.6) is 0 Å². The molecule has 2 heteroatoms. The maximum absolute atomic E-state index is 2.39. The van der Waals surface area contributed by atoms with Crippen LogP contribution in [0.15, 0.2) is 103 Å². The van der Waals surface area contributed by atoms with Crippen molar-refractivity contribution in [3.05, 3.63) is 108 Å². The first-order valence-electron chi connectivity index (χ1n) is 9.74. The summed E-state index contributed by atoms with van der Waals surface area (Å²) in [5.41, 5.74) is 7.58. The van der Waals surface area contributed by atoms with Gasteiger partial charge in [0, 0.05) is 46.2 Å². The molecule has 1 aromatic heterocycles. The van der Waals surface area contributed by atoms with Crippen LogP contribution in [0.2, 0.25) is 0 Å². The standard InChI is InChI=1S/C26H20N2/c1-27-24-12-6-5-11-22(24)23-17-20(14-15-25(23)27)28-19-9-3-2-8-18(16-19)21-10-4-7-13-26(21)28/h2-18H,1H3. The van der Waals surface area contributed by atoms with Crippen molar-refractivity contribution < 1.29 is 0 Å². The first kappa shape index (κ1) is 15.5. The summed E-state index contributed by atoms with van der Waals surface area (Å²) in [6.45, 7) is 0. The van der Waals surface area contributed by atoms with Gasteiger partial charge in [0.2, 0.25) is 0 Å². The zero-order valence-corrected chi connectivity index (χ0v) is 15.7. The maximum Gasteiger partial charge on any atom is 0.0502 e. The van der Waals surface area contributed by atoms with Crippen molar-refractivity contribution in [3.8, 4) is 0 Å². The van der Waals surface area contributed by atoms with Gasteiger partial charge in [0.25, 0.3) is 0 Å². The Bertz CT molecular complexity index is 1330. The Morgan fingerprint density at radius 3 is 2.57 bits per heavy atom. The molecule has 1 atom stereocenters. The second kappa shape index (κ2) is 5.74. The van der Waals surface area contributed by atoms with Crippen LogP contribution in [0.1, 0.15) is 11.5 Å². The van der Waals surface area contributed by atoms with Crippen molar-refractivity contribution in [1.82, 2.24) is 4.57 Å². The molecule has 2 aliphatic rings. The zero-order valence-electron chi connectivity index (χ0n) is 15.7. The van der Waals surface area contributed by atoms with E-state index in [9.17, 15) is 0 Å². The molecule has 0 amide bonds. The van der Waals surface area contributed by atoms with E-state index in [4.69, 9.17) is 0 Å². The van der Waals surface area contributed by atoms with Crippen LogP contribution in [0, 0.1) is 0 Å². The van der Waals surface area contributed by atoms with Gasteiger partial charge in [-0.25, -0.2) is 0 Å². The van der Waals surface area contributed by atoms with Gasteiger partial charge in [-0.05, 0) is 48.0 Å². The molecule has 2 heterocycles. The average molecular weight is 360 g/mol. The molecule has 1 aliphatic heterocycles. The van der Waals surface area contributed by atoms with Gasteiger partial charge in [0.15, 0.2) is 0 Å². The highest BCUT2D eigenvalue weighted by Gasteiger charge is 2.26. The van der Waals surface area contributed by atoms with Gasteiger partial charge in [0.05, 0.1) is 5.69 Å². The van der Waals surface area contributed by atoms with E-state index in [-0.39, 0.29) is 0 Å². The minimum Gasteiger partial charge on any atom is -0.344 e. The number of anilines is 2. The number of allylic oxidation sites excluding steroid dienone is 5. The van der Waals surface area contributed by atoms with E-state index in [0.29, 0.717) is 5.92 Å². The van der Waals surface area contributed by atoms with Crippen LogP contribution >= 0.6 is 0 Å². The molecule has 0 saturated heterocycles. The number of aromatic nitrogens is 1. The summed E-state index contributed by atoms with van der Waals surface area (Å²) in [6, 6.07) is 24.2. The van der Waals surface area contributed by atoms with Crippen molar-refractivity contribution in [2.75, 3.05) is 4.90 Å². The Morgan fingerprint density at radius 1 is 0.786 bits per heavy atom. The highest BCUT2D eigenvalue weighted by molar-refractivity contribution is 6.09.